The molecule has 5 aliphatic heterocycles. The van der Waals surface area contributed by atoms with Crippen molar-refractivity contribution in [1.29, 1.82) is 0 Å². The molecule has 28 heteroatoms. The van der Waals surface area contributed by atoms with Gasteiger partial charge in [-0.05, 0) is 213 Å². The molecular formula is C83H118N10O18. The van der Waals surface area contributed by atoms with Crippen molar-refractivity contribution in [2.45, 2.75) is 248 Å². The first-order valence-electron chi connectivity index (χ1n) is 38.7. The zero-order chi connectivity index (χ0) is 82.6. The van der Waals surface area contributed by atoms with Crippen LogP contribution in [0.3, 0.4) is 0 Å². The summed E-state index contributed by atoms with van der Waals surface area (Å²) < 4.78 is 11.1. The number of amides is 9. The minimum Gasteiger partial charge on any atom is -0.507 e. The summed E-state index contributed by atoms with van der Waals surface area (Å²) in [5.74, 6) is -4.09. The predicted molar refractivity (Wildman–Crippen MR) is 417 cm³/mol. The molecule has 111 heavy (non-hydrogen) atoms. The van der Waals surface area contributed by atoms with Crippen LogP contribution in [0.2, 0.25) is 0 Å². The van der Waals surface area contributed by atoms with Gasteiger partial charge in [-0.25, -0.2) is 0 Å². The standard InChI is InChI=1S/C30H37N3O7.C23H31N3O7.C19H28N2O3.C11H22N2O/c1-17(2)25(32-27(36)21-13-18(3)26(35)19(4)14-21)29(38)33-12-8-11-23(33)28(37)31-22-15-24(34)40-30(22)39-16-20-9-6-5-7-10-20;1-12(2)19(25-21(31)15-8-13(3)20(30)14(4)9-15)23(33)26-7-5-6-17(26)22(32)24-16(11-27)10-18(28)29;1-11(2)16(19(24)21-8-6-7-14(21)5)20-18(23)15-9-12(3)17(22)13(4)10-15;1-8(2)10(12-4)11(14)13-7-5-6-9(13)3/h5-7,9-10,13-14,17,22-23,25,30,35H,8,11-12,15-16H2,1-4H3,(H,31,37)(H,32,36);8-9,11-12,16-17,19,30H,5-7,10H2,1-4H3,(H,24,32)(H,25,31)(H,28,29);9-11,14,16,22H,6-8H2,1-5H3,(H,20,23);8-10,12H,5-7H2,1-4H3/t22?,23?,25-,30?;16-,17?,19-;14-,16+;9-,10+/m0011/s1. The molecule has 10 N–H and O–H groups in total. The summed E-state index contributed by atoms with van der Waals surface area (Å²) in [4.78, 5) is 157. The van der Waals surface area contributed by atoms with E-state index in [1.54, 1.807) is 79.7 Å². The minimum atomic E-state index is -1.23. The van der Waals surface area contributed by atoms with Crippen molar-refractivity contribution >= 4 is 71.4 Å². The number of hydrogen-bond acceptors (Lipinski definition) is 18. The van der Waals surface area contributed by atoms with Crippen molar-refractivity contribution in [1.82, 2.24) is 51.5 Å². The predicted octanol–water partition coefficient (Wildman–Crippen LogP) is 7.66. The number of ether oxygens (including phenoxy) is 2. The monoisotopic (exact) mass is 1540 g/mol. The quantitative estimate of drug-likeness (QED) is 0.0225. The summed E-state index contributed by atoms with van der Waals surface area (Å²) in [6.07, 6.45) is 5.21. The number of carbonyl (C=O) groups excluding carboxylic acids is 11. The number of phenols is 3. The first-order valence-corrected chi connectivity index (χ1v) is 38.7. The molecule has 28 nitrogen and oxygen atoms in total. The van der Waals surface area contributed by atoms with Crippen LogP contribution < -0.4 is 31.9 Å². The van der Waals surface area contributed by atoms with Crippen LogP contribution in [0.4, 0.5) is 0 Å². The Morgan fingerprint density at radius 2 is 0.847 bits per heavy atom. The number of aliphatic carboxylic acids is 1. The van der Waals surface area contributed by atoms with Crippen molar-refractivity contribution in [3.63, 3.8) is 0 Å². The summed E-state index contributed by atoms with van der Waals surface area (Å²) in [5.41, 5.74) is 5.53. The van der Waals surface area contributed by atoms with Crippen LogP contribution in [0.5, 0.6) is 17.2 Å². The third kappa shape index (κ3) is 24.3. The molecule has 9 rings (SSSR count). The van der Waals surface area contributed by atoms with Crippen LogP contribution in [0.1, 0.15) is 203 Å². The van der Waals surface area contributed by atoms with E-state index in [4.69, 9.17) is 14.6 Å². The number of aryl methyl sites for hydroxylation is 6. The Bertz CT molecular complexity index is 3900. The van der Waals surface area contributed by atoms with Crippen molar-refractivity contribution in [2.75, 3.05) is 33.2 Å². The fourth-order valence-electron chi connectivity index (χ4n) is 14.5. The fourth-order valence-corrected chi connectivity index (χ4v) is 14.5. The normalized spacial score (nSPS) is 20.0. The summed E-state index contributed by atoms with van der Waals surface area (Å²) in [7, 11) is 1.86. The van der Waals surface area contributed by atoms with Crippen molar-refractivity contribution in [3.8, 4) is 17.2 Å². The molecule has 5 aliphatic rings. The number of esters is 1. The summed E-state index contributed by atoms with van der Waals surface area (Å²) in [5, 5.41) is 55.5. The summed E-state index contributed by atoms with van der Waals surface area (Å²) in [6.45, 7) is 32.3. The van der Waals surface area contributed by atoms with Gasteiger partial charge in [-0.2, -0.15) is 0 Å². The highest BCUT2D eigenvalue weighted by Crippen LogP contribution is 2.30. The number of carboxylic acids is 1. The Morgan fingerprint density at radius 3 is 1.18 bits per heavy atom. The number of carbonyl (C=O) groups is 12. The maximum atomic E-state index is 13.7. The molecule has 0 bridgehead atoms. The molecule has 0 aromatic heterocycles. The molecule has 0 radical (unpaired) electrons. The Balaban J connectivity index is 0.000000244. The molecule has 0 aliphatic carbocycles. The topological polar surface area (TPSA) is 389 Å². The number of likely N-dealkylation sites (N-methyl/N-ethyl adjacent to an activating group) is 1. The van der Waals surface area contributed by atoms with Crippen molar-refractivity contribution in [2.24, 2.45) is 23.7 Å². The van der Waals surface area contributed by atoms with Crippen LogP contribution in [0.15, 0.2) is 66.7 Å². The largest absolute Gasteiger partial charge is 0.507 e. The Kier molecular flexibility index (Phi) is 33.5. The first kappa shape index (κ1) is 89.9. The maximum Gasteiger partial charge on any atom is 0.310 e. The smallest absolute Gasteiger partial charge is 0.310 e. The van der Waals surface area contributed by atoms with Gasteiger partial charge in [0.1, 0.15) is 59.8 Å². The highest BCUT2D eigenvalue weighted by molar-refractivity contribution is 6.01. The van der Waals surface area contributed by atoms with E-state index in [0.717, 1.165) is 44.3 Å². The van der Waals surface area contributed by atoms with Gasteiger partial charge < -0.3 is 86.2 Å². The van der Waals surface area contributed by atoms with Gasteiger partial charge in [0.25, 0.3) is 17.7 Å². The van der Waals surface area contributed by atoms with E-state index in [9.17, 15) is 72.9 Å². The van der Waals surface area contributed by atoms with Gasteiger partial charge in [0.2, 0.25) is 41.7 Å². The lowest BCUT2D eigenvalue weighted by Crippen LogP contribution is -2.56. The second-order valence-corrected chi connectivity index (χ2v) is 31.2. The van der Waals surface area contributed by atoms with E-state index in [1.807, 2.05) is 74.9 Å². The van der Waals surface area contributed by atoms with Crippen molar-refractivity contribution < 1.29 is 87.4 Å². The molecule has 5 saturated heterocycles. The minimum absolute atomic E-state index is 0.00410. The Hall–Kier alpha value is -9.96. The molecule has 5 heterocycles. The molecular weight excluding hydrogens is 1420 g/mol. The van der Waals surface area contributed by atoms with Gasteiger partial charge in [0.15, 0.2) is 0 Å². The SMILES string of the molecule is CN[C@H](C(=O)N1CCC[C@H]1C)C(C)C.Cc1cc(C(=O)N[C@H](C(=O)N2CCCC2C(=O)NC2CC(=O)OC2OCc2ccccc2)C(C)C)cc(C)c1O.Cc1cc(C(=O)N[C@H](C(=O)N2CCCC2C(=O)N[C@H](C=O)CC(=O)O)C(C)C)cc(C)c1O.Cc1cc(C(=O)N[C@H](C(=O)N2CCC[C@H]2C)C(C)C)cc(C)c1O. The summed E-state index contributed by atoms with van der Waals surface area (Å²) >= 11 is 0. The fraction of sp³-hybridized carbons (Fsp3) is 0.566. The molecule has 9 amide bonds. The van der Waals surface area contributed by atoms with Crippen LogP contribution in [-0.2, 0) is 59.2 Å². The van der Waals surface area contributed by atoms with Crippen molar-refractivity contribution in [3.05, 3.63) is 122 Å². The number of rotatable bonds is 25. The number of nitrogens with zero attached hydrogens (tertiary/aromatic N) is 4. The molecule has 4 aromatic carbocycles. The van der Waals surface area contributed by atoms with Crippen LogP contribution in [0, 0.1) is 65.2 Å². The Labute approximate surface area is 652 Å². The third-order valence-electron chi connectivity index (χ3n) is 20.9. The first-order chi connectivity index (χ1) is 52.3. The van der Waals surface area contributed by atoms with Gasteiger partial charge in [0, 0.05) is 55.0 Å². The van der Waals surface area contributed by atoms with E-state index >= 15 is 0 Å². The van der Waals surface area contributed by atoms with E-state index in [-0.39, 0.29) is 89.6 Å². The number of carboxylic acid groups (broad SMARTS) is 1. The lowest BCUT2D eigenvalue weighted by atomic mass is 10.0. The highest BCUT2D eigenvalue weighted by atomic mass is 16.7. The number of phenolic OH excluding ortho intramolecular Hbond substituents is 3. The highest BCUT2D eigenvalue weighted by Gasteiger charge is 2.44. The van der Waals surface area contributed by atoms with Gasteiger partial charge in [-0.1, -0.05) is 85.7 Å². The summed E-state index contributed by atoms with van der Waals surface area (Å²) in [6, 6.07) is 13.8. The molecule has 0 spiro atoms. The zero-order valence-corrected chi connectivity index (χ0v) is 67.5. The average Bonchev–Trinajstić information content (AvgIpc) is 1.73. The second kappa shape index (κ2) is 41.4. The number of likely N-dealkylation sites (tertiary alicyclic amines) is 4. The van der Waals surface area contributed by atoms with E-state index < -0.39 is 90.6 Å². The number of aromatic hydroxyl groups is 3. The van der Waals surface area contributed by atoms with E-state index in [2.05, 4.69) is 59.6 Å². The average molecular weight is 1540 g/mol. The number of cyclic esters (lactones) is 1. The molecule has 4 aromatic rings. The van der Waals surface area contributed by atoms with Gasteiger partial charge in [-0.3, -0.25) is 52.7 Å². The molecule has 4 unspecified atom stereocenters. The number of benzene rings is 4. The molecule has 0 saturated carbocycles. The molecule has 608 valence electrons. The third-order valence-corrected chi connectivity index (χ3v) is 20.9. The van der Waals surface area contributed by atoms with E-state index in [1.165, 1.54) is 21.9 Å². The van der Waals surface area contributed by atoms with Gasteiger partial charge >= 0.3 is 11.9 Å². The van der Waals surface area contributed by atoms with Gasteiger partial charge in [0.05, 0.1) is 31.5 Å². The van der Waals surface area contributed by atoms with Crippen LogP contribution in [0.25, 0.3) is 0 Å². The maximum absolute atomic E-state index is 13.7. The zero-order valence-electron chi connectivity index (χ0n) is 67.5. The van der Waals surface area contributed by atoms with Crippen LogP contribution >= 0.6 is 0 Å². The molecule has 11 atom stereocenters. The lowest BCUT2D eigenvalue weighted by Gasteiger charge is -2.31. The lowest BCUT2D eigenvalue weighted by molar-refractivity contribution is -0.168. The second-order valence-electron chi connectivity index (χ2n) is 31.2. The number of hydrogen-bond donors (Lipinski definition) is 10. The number of aldehydes is 1. The van der Waals surface area contributed by atoms with Crippen LogP contribution in [-0.4, -0.2) is 211 Å². The Morgan fingerprint density at radius 1 is 0.505 bits per heavy atom. The van der Waals surface area contributed by atoms with E-state index in [0.29, 0.717) is 107 Å². The molecule has 5 fully saturated rings. The van der Waals surface area contributed by atoms with Gasteiger partial charge in [-0.15, -0.1) is 0 Å². The number of nitrogens with one attached hydrogen (secondary N) is 6.